The van der Waals surface area contributed by atoms with E-state index in [0.717, 1.165) is 12.8 Å². The molecule has 0 saturated heterocycles. The molecule has 1 aliphatic carbocycles. The van der Waals surface area contributed by atoms with Gasteiger partial charge in [-0.3, -0.25) is 4.79 Å². The molecule has 0 bridgehead atoms. The molecule has 0 atom stereocenters. The van der Waals surface area contributed by atoms with Crippen molar-refractivity contribution in [2.24, 2.45) is 5.10 Å². The average Bonchev–Trinajstić information content (AvgIpc) is 3.05. The summed E-state index contributed by atoms with van der Waals surface area (Å²) >= 11 is 0. The Morgan fingerprint density at radius 3 is 2.71 bits per heavy atom. The number of hydrazone groups is 1. The van der Waals surface area contributed by atoms with Crippen LogP contribution in [0.4, 0.5) is 0 Å². The standard InChI is InChI=1S/C23H25N3O2/c1-16(17-8-4-7-13-22(17)27)24-25-23(28)14-15-26-20-11-5-2-9-18(20)19-10-3-6-12-21(19)26/h2,4-5,7-9,11,13,27H,3,6,10,12,14-15H2,1H3,(H,25,28)/b24-16+. The number of para-hydroxylation sites is 2. The molecule has 5 nitrogen and oxygen atoms in total. The first kappa shape index (κ1) is 18.3. The molecule has 3 aromatic rings. The van der Waals surface area contributed by atoms with Crippen LogP contribution in [-0.2, 0) is 24.2 Å². The van der Waals surface area contributed by atoms with Gasteiger partial charge in [0.05, 0.1) is 5.71 Å². The van der Waals surface area contributed by atoms with Crippen molar-refractivity contribution in [1.82, 2.24) is 9.99 Å². The SMILES string of the molecule is C/C(=N\NC(=O)CCn1c2c(c3ccccc31)CCCC2)c1ccccc1O. The fourth-order valence-electron chi connectivity index (χ4n) is 4.10. The largest absolute Gasteiger partial charge is 0.507 e. The van der Waals surface area contributed by atoms with Gasteiger partial charge >= 0.3 is 0 Å². The van der Waals surface area contributed by atoms with E-state index in [9.17, 15) is 9.90 Å². The number of hydrogen-bond donors (Lipinski definition) is 2. The molecule has 1 amide bonds. The van der Waals surface area contributed by atoms with Gasteiger partial charge in [0.1, 0.15) is 5.75 Å². The molecular formula is C23H25N3O2. The van der Waals surface area contributed by atoms with Gasteiger partial charge in [-0.25, -0.2) is 5.43 Å². The molecule has 0 spiro atoms. The highest BCUT2D eigenvalue weighted by atomic mass is 16.3. The van der Waals surface area contributed by atoms with Crippen molar-refractivity contribution in [3.05, 3.63) is 65.4 Å². The number of carbonyl (C=O) groups excluding carboxylic acids is 1. The number of nitrogens with one attached hydrogen (secondary N) is 1. The maximum absolute atomic E-state index is 12.4. The molecule has 1 aromatic heterocycles. The smallest absolute Gasteiger partial charge is 0.241 e. The van der Waals surface area contributed by atoms with Crippen molar-refractivity contribution < 1.29 is 9.90 Å². The molecule has 2 aromatic carbocycles. The monoisotopic (exact) mass is 375 g/mol. The molecule has 0 saturated carbocycles. The second kappa shape index (κ2) is 7.89. The minimum absolute atomic E-state index is 0.128. The molecule has 2 N–H and O–H groups in total. The fraction of sp³-hybridized carbons (Fsp3) is 0.304. The van der Waals surface area contributed by atoms with Crippen LogP contribution < -0.4 is 5.43 Å². The van der Waals surface area contributed by atoms with E-state index in [-0.39, 0.29) is 11.7 Å². The predicted octanol–water partition coefficient (Wildman–Crippen LogP) is 4.16. The normalized spacial score (nSPS) is 14.1. The van der Waals surface area contributed by atoms with Crippen LogP contribution in [0, 0.1) is 0 Å². The number of aryl methyl sites for hydroxylation is 2. The van der Waals surface area contributed by atoms with Crippen LogP contribution in [0.5, 0.6) is 5.75 Å². The second-order valence-electron chi connectivity index (χ2n) is 7.30. The Kier molecular flexibility index (Phi) is 5.15. The lowest BCUT2D eigenvalue weighted by atomic mass is 9.95. The van der Waals surface area contributed by atoms with Crippen LogP contribution in [0.15, 0.2) is 53.6 Å². The van der Waals surface area contributed by atoms with E-state index >= 15 is 0 Å². The number of amides is 1. The molecule has 0 unspecified atom stereocenters. The first-order chi connectivity index (χ1) is 13.6. The highest BCUT2D eigenvalue weighted by Gasteiger charge is 2.19. The number of benzene rings is 2. The van der Waals surface area contributed by atoms with Gasteiger partial charge in [-0.2, -0.15) is 5.10 Å². The molecular weight excluding hydrogens is 350 g/mol. The summed E-state index contributed by atoms with van der Waals surface area (Å²) in [5, 5.41) is 15.4. The Bertz CT molecular complexity index is 1050. The first-order valence-corrected chi connectivity index (χ1v) is 9.85. The number of fused-ring (bicyclic) bond motifs is 3. The van der Waals surface area contributed by atoms with Crippen molar-refractivity contribution in [3.8, 4) is 5.75 Å². The van der Waals surface area contributed by atoms with Gasteiger partial charge in [0, 0.05) is 35.1 Å². The van der Waals surface area contributed by atoms with Crippen LogP contribution in [0.25, 0.3) is 10.9 Å². The summed E-state index contributed by atoms with van der Waals surface area (Å²) in [7, 11) is 0. The molecule has 1 aliphatic rings. The Morgan fingerprint density at radius 1 is 1.11 bits per heavy atom. The number of rotatable bonds is 5. The lowest BCUT2D eigenvalue weighted by Crippen LogP contribution is -2.21. The summed E-state index contributed by atoms with van der Waals surface area (Å²) < 4.78 is 2.31. The predicted molar refractivity (Wildman–Crippen MR) is 112 cm³/mol. The van der Waals surface area contributed by atoms with Crippen LogP contribution in [0.1, 0.15) is 43.0 Å². The van der Waals surface area contributed by atoms with Crippen molar-refractivity contribution in [1.29, 1.82) is 0 Å². The molecule has 0 fully saturated rings. The number of nitrogens with zero attached hydrogens (tertiary/aromatic N) is 2. The van der Waals surface area contributed by atoms with Gasteiger partial charge < -0.3 is 9.67 Å². The minimum Gasteiger partial charge on any atom is -0.507 e. The Labute approximate surface area is 164 Å². The summed E-state index contributed by atoms with van der Waals surface area (Å²) in [4.78, 5) is 12.4. The molecule has 0 aliphatic heterocycles. The molecule has 0 radical (unpaired) electrons. The summed E-state index contributed by atoms with van der Waals surface area (Å²) in [6.07, 6.45) is 5.01. The van der Waals surface area contributed by atoms with Gasteiger partial charge in [-0.1, -0.05) is 30.3 Å². The maximum Gasteiger partial charge on any atom is 0.241 e. The fourth-order valence-corrected chi connectivity index (χ4v) is 4.10. The Hall–Kier alpha value is -3.08. The van der Waals surface area contributed by atoms with Crippen LogP contribution in [0.3, 0.4) is 0 Å². The zero-order valence-corrected chi connectivity index (χ0v) is 16.1. The molecule has 4 rings (SSSR count). The van der Waals surface area contributed by atoms with E-state index < -0.39 is 0 Å². The van der Waals surface area contributed by atoms with E-state index in [0.29, 0.717) is 24.2 Å². The van der Waals surface area contributed by atoms with Crippen molar-refractivity contribution in [2.75, 3.05) is 0 Å². The molecule has 5 heteroatoms. The van der Waals surface area contributed by atoms with Gasteiger partial charge in [0.25, 0.3) is 0 Å². The first-order valence-electron chi connectivity index (χ1n) is 9.85. The third-order valence-corrected chi connectivity index (χ3v) is 5.49. The summed E-state index contributed by atoms with van der Waals surface area (Å²) in [6.45, 7) is 2.41. The maximum atomic E-state index is 12.4. The van der Waals surface area contributed by atoms with Gasteiger partial charge in [0.15, 0.2) is 0 Å². The van der Waals surface area contributed by atoms with Crippen molar-refractivity contribution in [3.63, 3.8) is 0 Å². The summed E-state index contributed by atoms with van der Waals surface area (Å²) in [6, 6.07) is 15.5. The summed E-state index contributed by atoms with van der Waals surface area (Å²) in [5.41, 5.74) is 7.88. The van der Waals surface area contributed by atoms with Crippen LogP contribution in [0.2, 0.25) is 0 Å². The third kappa shape index (κ3) is 3.52. The minimum atomic E-state index is -0.128. The number of phenolic OH excluding ortho intramolecular Hbond substituents is 1. The van der Waals surface area contributed by atoms with Crippen molar-refractivity contribution in [2.45, 2.75) is 45.6 Å². The lowest BCUT2D eigenvalue weighted by molar-refractivity contribution is -0.121. The van der Waals surface area contributed by atoms with E-state index in [1.807, 2.05) is 6.07 Å². The topological polar surface area (TPSA) is 66.6 Å². The number of hydrogen-bond acceptors (Lipinski definition) is 3. The highest BCUT2D eigenvalue weighted by Crippen LogP contribution is 2.32. The quantitative estimate of drug-likeness (QED) is 0.519. The number of phenols is 1. The van der Waals surface area contributed by atoms with E-state index in [1.165, 1.54) is 35.0 Å². The van der Waals surface area contributed by atoms with E-state index in [2.05, 4.69) is 39.4 Å². The lowest BCUT2D eigenvalue weighted by Gasteiger charge is -2.15. The van der Waals surface area contributed by atoms with Gasteiger partial charge in [-0.15, -0.1) is 0 Å². The third-order valence-electron chi connectivity index (χ3n) is 5.49. The zero-order chi connectivity index (χ0) is 19.5. The number of carbonyl (C=O) groups is 1. The van der Waals surface area contributed by atoms with Crippen molar-refractivity contribution >= 4 is 22.5 Å². The van der Waals surface area contributed by atoms with Crippen LogP contribution in [-0.4, -0.2) is 21.3 Å². The molecule has 1 heterocycles. The number of aromatic nitrogens is 1. The van der Waals surface area contributed by atoms with E-state index in [1.54, 1.807) is 25.1 Å². The Morgan fingerprint density at radius 2 is 1.86 bits per heavy atom. The molecule has 144 valence electrons. The average molecular weight is 375 g/mol. The van der Waals surface area contributed by atoms with E-state index in [4.69, 9.17) is 0 Å². The summed E-state index contributed by atoms with van der Waals surface area (Å²) in [5.74, 6) is 0.0283. The van der Waals surface area contributed by atoms with Gasteiger partial charge in [-0.05, 0) is 56.4 Å². The Balaban J connectivity index is 1.47. The molecule has 28 heavy (non-hydrogen) atoms. The zero-order valence-electron chi connectivity index (χ0n) is 16.1. The van der Waals surface area contributed by atoms with Gasteiger partial charge in [0.2, 0.25) is 5.91 Å². The highest BCUT2D eigenvalue weighted by molar-refractivity contribution is 6.01. The number of aromatic hydroxyl groups is 1. The van der Waals surface area contributed by atoms with Crippen LogP contribution >= 0.6 is 0 Å². The second-order valence-corrected chi connectivity index (χ2v) is 7.30.